The van der Waals surface area contributed by atoms with Gasteiger partial charge in [-0.25, -0.2) is 9.97 Å². The number of anilines is 2. The number of nitrogens with one attached hydrogen (secondary N) is 1. The van der Waals surface area contributed by atoms with Gasteiger partial charge in [0.25, 0.3) is 5.91 Å². The molecule has 1 N–H and O–H groups in total. The monoisotopic (exact) mass is 376 g/mol. The zero-order chi connectivity index (χ0) is 19.5. The molecule has 0 spiro atoms. The quantitative estimate of drug-likeness (QED) is 0.734. The normalized spacial score (nSPS) is 11.9. The van der Waals surface area contributed by atoms with Gasteiger partial charge in [0.2, 0.25) is 6.79 Å². The highest BCUT2D eigenvalue weighted by molar-refractivity contribution is 5.93. The van der Waals surface area contributed by atoms with Gasteiger partial charge in [-0.2, -0.15) is 0 Å². The fourth-order valence-corrected chi connectivity index (χ4v) is 2.99. The minimum absolute atomic E-state index is 0.164. The molecule has 0 atom stereocenters. The summed E-state index contributed by atoms with van der Waals surface area (Å²) in [5, 5.41) is 3.20. The first-order valence-electron chi connectivity index (χ1n) is 8.90. The van der Waals surface area contributed by atoms with Crippen molar-refractivity contribution in [2.75, 3.05) is 19.2 Å². The van der Waals surface area contributed by atoms with E-state index >= 15 is 0 Å². The fourth-order valence-electron chi connectivity index (χ4n) is 2.99. The Morgan fingerprint density at radius 3 is 2.68 bits per heavy atom. The van der Waals surface area contributed by atoms with Crippen LogP contribution in [0.3, 0.4) is 0 Å². The molecule has 2 heterocycles. The number of nitrogens with zero attached hydrogens (tertiary/aromatic N) is 3. The van der Waals surface area contributed by atoms with Crippen LogP contribution in [0.15, 0.2) is 54.6 Å². The van der Waals surface area contributed by atoms with E-state index in [1.54, 1.807) is 24.9 Å². The molecule has 7 heteroatoms. The molecule has 1 aliphatic heterocycles. The lowest BCUT2D eigenvalue weighted by molar-refractivity contribution is 0.0779. The Balaban J connectivity index is 1.52. The van der Waals surface area contributed by atoms with E-state index in [-0.39, 0.29) is 12.7 Å². The highest BCUT2D eigenvalue weighted by Gasteiger charge is 2.17. The Labute approximate surface area is 163 Å². The van der Waals surface area contributed by atoms with E-state index in [4.69, 9.17) is 9.47 Å². The number of carbonyl (C=O) groups excluding carboxylic acids is 1. The minimum atomic E-state index is -0.164. The summed E-state index contributed by atoms with van der Waals surface area (Å²) in [4.78, 5) is 23.2. The first-order valence-corrected chi connectivity index (χ1v) is 8.90. The summed E-state index contributed by atoms with van der Waals surface area (Å²) in [6.45, 7) is 2.49. The van der Waals surface area contributed by atoms with Gasteiger partial charge in [0.05, 0.1) is 0 Å². The molecule has 0 saturated carbocycles. The Bertz CT molecular complexity index is 1010. The van der Waals surface area contributed by atoms with Crippen LogP contribution < -0.4 is 14.8 Å². The molecule has 1 aromatic heterocycles. The topological polar surface area (TPSA) is 76.6 Å². The molecule has 0 unspecified atom stereocenters. The van der Waals surface area contributed by atoms with Crippen molar-refractivity contribution in [3.8, 4) is 11.5 Å². The highest BCUT2D eigenvalue weighted by Crippen LogP contribution is 2.34. The SMILES string of the molecule is Cc1nc(Nc2ccc3c(c2)OCO3)cc(C(=O)N(C)Cc2ccccc2)n1. The Morgan fingerprint density at radius 2 is 1.86 bits per heavy atom. The second-order valence-corrected chi connectivity index (χ2v) is 6.53. The molecule has 0 fully saturated rings. The summed E-state index contributed by atoms with van der Waals surface area (Å²) < 4.78 is 10.7. The summed E-state index contributed by atoms with van der Waals surface area (Å²) in [6, 6.07) is 17.0. The van der Waals surface area contributed by atoms with Crippen molar-refractivity contribution in [3.63, 3.8) is 0 Å². The van der Waals surface area contributed by atoms with Gasteiger partial charge in [-0.3, -0.25) is 4.79 Å². The molecule has 28 heavy (non-hydrogen) atoms. The Morgan fingerprint density at radius 1 is 1.07 bits per heavy atom. The molecular formula is C21H20N4O3. The largest absolute Gasteiger partial charge is 0.454 e. The summed E-state index contributed by atoms with van der Waals surface area (Å²) in [5.74, 6) is 2.28. The van der Waals surface area contributed by atoms with Crippen molar-refractivity contribution in [3.05, 3.63) is 71.7 Å². The maximum absolute atomic E-state index is 12.8. The number of benzene rings is 2. The van der Waals surface area contributed by atoms with E-state index in [0.717, 1.165) is 11.3 Å². The van der Waals surface area contributed by atoms with E-state index in [0.29, 0.717) is 35.4 Å². The van der Waals surface area contributed by atoms with Crippen LogP contribution in [0.25, 0.3) is 0 Å². The van der Waals surface area contributed by atoms with Gasteiger partial charge in [0, 0.05) is 31.4 Å². The summed E-state index contributed by atoms with van der Waals surface area (Å²) >= 11 is 0. The maximum atomic E-state index is 12.8. The lowest BCUT2D eigenvalue weighted by Gasteiger charge is -2.17. The van der Waals surface area contributed by atoms with Crippen molar-refractivity contribution < 1.29 is 14.3 Å². The van der Waals surface area contributed by atoms with E-state index < -0.39 is 0 Å². The number of carbonyl (C=O) groups is 1. The first kappa shape index (κ1) is 17.8. The summed E-state index contributed by atoms with van der Waals surface area (Å²) in [5.41, 5.74) is 2.19. The van der Waals surface area contributed by atoms with Crippen LogP contribution in [0, 0.1) is 6.92 Å². The standard InChI is InChI=1S/C21H20N4O3/c1-14-22-17(21(26)25(2)12-15-6-4-3-5-7-15)11-20(23-14)24-16-8-9-18-19(10-16)28-13-27-18/h3-11H,12-13H2,1-2H3,(H,22,23,24). The molecule has 0 saturated heterocycles. The van der Waals surface area contributed by atoms with E-state index in [2.05, 4.69) is 15.3 Å². The molecule has 4 rings (SSSR count). The molecule has 7 nitrogen and oxygen atoms in total. The van der Waals surface area contributed by atoms with Crippen LogP contribution >= 0.6 is 0 Å². The number of hydrogen-bond acceptors (Lipinski definition) is 6. The average molecular weight is 376 g/mol. The molecule has 2 aromatic carbocycles. The molecule has 1 aliphatic rings. The number of aryl methyl sites for hydroxylation is 1. The van der Waals surface area contributed by atoms with Crippen molar-refractivity contribution in [2.24, 2.45) is 0 Å². The fraction of sp³-hybridized carbons (Fsp3) is 0.190. The highest BCUT2D eigenvalue weighted by atomic mass is 16.7. The molecule has 1 amide bonds. The van der Waals surface area contributed by atoms with Crippen LogP contribution in [-0.4, -0.2) is 34.6 Å². The van der Waals surface area contributed by atoms with Gasteiger partial charge >= 0.3 is 0 Å². The second-order valence-electron chi connectivity index (χ2n) is 6.53. The third kappa shape index (κ3) is 3.88. The van der Waals surface area contributed by atoms with Crippen LogP contribution in [0.4, 0.5) is 11.5 Å². The number of aromatic nitrogens is 2. The summed E-state index contributed by atoms with van der Waals surface area (Å²) in [7, 11) is 1.76. The lowest BCUT2D eigenvalue weighted by atomic mass is 10.2. The van der Waals surface area contributed by atoms with Gasteiger partial charge in [0.1, 0.15) is 17.3 Å². The van der Waals surface area contributed by atoms with E-state index in [1.807, 2.05) is 48.5 Å². The second kappa shape index (κ2) is 7.56. The Kier molecular flexibility index (Phi) is 4.80. The van der Waals surface area contributed by atoms with Gasteiger partial charge in [-0.15, -0.1) is 0 Å². The molecule has 0 radical (unpaired) electrons. The molecule has 142 valence electrons. The first-order chi connectivity index (χ1) is 13.6. The van der Waals surface area contributed by atoms with Crippen LogP contribution in [0.1, 0.15) is 21.9 Å². The number of fused-ring (bicyclic) bond motifs is 1. The third-order valence-corrected chi connectivity index (χ3v) is 4.31. The maximum Gasteiger partial charge on any atom is 0.272 e. The van der Waals surface area contributed by atoms with Crippen molar-refractivity contribution in [2.45, 2.75) is 13.5 Å². The smallest absolute Gasteiger partial charge is 0.272 e. The lowest BCUT2D eigenvalue weighted by Crippen LogP contribution is -2.27. The number of ether oxygens (including phenoxy) is 2. The van der Waals surface area contributed by atoms with Gasteiger partial charge in [-0.1, -0.05) is 30.3 Å². The molecular weight excluding hydrogens is 356 g/mol. The zero-order valence-corrected chi connectivity index (χ0v) is 15.7. The van der Waals surface area contributed by atoms with Crippen molar-refractivity contribution in [1.82, 2.24) is 14.9 Å². The van der Waals surface area contributed by atoms with Crippen LogP contribution in [-0.2, 0) is 6.54 Å². The molecule has 0 aliphatic carbocycles. The predicted octanol–water partition coefficient (Wildman–Crippen LogP) is 3.53. The summed E-state index contributed by atoms with van der Waals surface area (Å²) in [6.07, 6.45) is 0. The predicted molar refractivity (Wildman–Crippen MR) is 105 cm³/mol. The van der Waals surface area contributed by atoms with Crippen LogP contribution in [0.2, 0.25) is 0 Å². The number of hydrogen-bond donors (Lipinski definition) is 1. The van der Waals surface area contributed by atoms with E-state index in [1.165, 1.54) is 0 Å². The number of amides is 1. The van der Waals surface area contributed by atoms with Crippen LogP contribution in [0.5, 0.6) is 11.5 Å². The average Bonchev–Trinajstić information content (AvgIpc) is 3.15. The number of rotatable bonds is 5. The van der Waals surface area contributed by atoms with Gasteiger partial charge in [0.15, 0.2) is 11.5 Å². The molecule has 3 aromatic rings. The minimum Gasteiger partial charge on any atom is -0.454 e. The molecule has 0 bridgehead atoms. The Hall–Kier alpha value is -3.61. The zero-order valence-electron chi connectivity index (χ0n) is 15.7. The van der Waals surface area contributed by atoms with E-state index in [9.17, 15) is 4.79 Å². The van der Waals surface area contributed by atoms with Gasteiger partial charge < -0.3 is 19.7 Å². The third-order valence-electron chi connectivity index (χ3n) is 4.31. The van der Waals surface area contributed by atoms with Crippen molar-refractivity contribution in [1.29, 1.82) is 0 Å². The van der Waals surface area contributed by atoms with Crippen molar-refractivity contribution >= 4 is 17.4 Å². The van der Waals surface area contributed by atoms with Gasteiger partial charge in [-0.05, 0) is 24.6 Å².